The van der Waals surface area contributed by atoms with Gasteiger partial charge in [0.05, 0.1) is 24.1 Å². The van der Waals surface area contributed by atoms with Gasteiger partial charge in [0.1, 0.15) is 5.69 Å². The number of amides is 1. The smallest absolute Gasteiger partial charge is 0.259 e. The molecule has 0 saturated heterocycles. The van der Waals surface area contributed by atoms with Gasteiger partial charge in [0.15, 0.2) is 5.13 Å². The highest BCUT2D eigenvalue weighted by molar-refractivity contribution is 7.14. The molecule has 0 aliphatic rings. The van der Waals surface area contributed by atoms with E-state index in [0.717, 1.165) is 0 Å². The number of methoxy groups -OCH3 is 1. The van der Waals surface area contributed by atoms with Crippen LogP contribution in [0.2, 0.25) is 5.02 Å². The Morgan fingerprint density at radius 2 is 1.90 bits per heavy atom. The number of halogens is 1. The molecule has 8 heteroatoms. The number of thiazole rings is 1. The Balaban J connectivity index is 1.60. The Bertz CT molecular complexity index is 1180. The molecule has 3 heterocycles. The van der Waals surface area contributed by atoms with Crippen molar-refractivity contribution in [3.63, 3.8) is 0 Å². The molecule has 0 bridgehead atoms. The Morgan fingerprint density at radius 3 is 2.72 bits per heavy atom. The topological polar surface area (TPSA) is 77.0 Å². The van der Waals surface area contributed by atoms with Gasteiger partial charge in [-0.1, -0.05) is 35.9 Å². The van der Waals surface area contributed by atoms with E-state index >= 15 is 0 Å². The Kier molecular flexibility index (Phi) is 5.50. The van der Waals surface area contributed by atoms with E-state index in [-0.39, 0.29) is 5.91 Å². The van der Waals surface area contributed by atoms with Crippen LogP contribution in [0.5, 0.6) is 5.88 Å². The second-order valence-electron chi connectivity index (χ2n) is 5.94. The molecule has 144 valence electrons. The maximum atomic E-state index is 12.9. The zero-order valence-electron chi connectivity index (χ0n) is 15.3. The molecule has 1 aromatic carbocycles. The molecule has 0 spiro atoms. The second kappa shape index (κ2) is 8.38. The summed E-state index contributed by atoms with van der Waals surface area (Å²) in [6.45, 7) is 0. The van der Waals surface area contributed by atoms with E-state index in [1.807, 2.05) is 35.7 Å². The van der Waals surface area contributed by atoms with Gasteiger partial charge < -0.3 is 4.74 Å². The first-order valence-corrected chi connectivity index (χ1v) is 9.89. The van der Waals surface area contributed by atoms with E-state index in [1.54, 1.807) is 37.6 Å². The third-order valence-corrected chi connectivity index (χ3v) is 5.19. The monoisotopic (exact) mass is 422 g/mol. The summed E-state index contributed by atoms with van der Waals surface area (Å²) in [5.41, 5.74) is 2.94. The molecule has 0 radical (unpaired) electrons. The van der Waals surface area contributed by atoms with Crippen LogP contribution in [0.15, 0.2) is 66.2 Å². The lowest BCUT2D eigenvalue weighted by Crippen LogP contribution is -2.13. The molecule has 0 unspecified atom stereocenters. The van der Waals surface area contributed by atoms with Gasteiger partial charge in [-0.15, -0.1) is 11.3 Å². The fourth-order valence-corrected chi connectivity index (χ4v) is 3.67. The van der Waals surface area contributed by atoms with Crippen molar-refractivity contribution < 1.29 is 9.53 Å². The van der Waals surface area contributed by atoms with Crippen LogP contribution in [0.3, 0.4) is 0 Å². The van der Waals surface area contributed by atoms with Crippen LogP contribution in [0.1, 0.15) is 10.4 Å². The normalized spacial score (nSPS) is 10.6. The number of carbonyl (C=O) groups excluding carboxylic acids is 1. The van der Waals surface area contributed by atoms with Crippen molar-refractivity contribution in [3.05, 3.63) is 76.8 Å². The lowest BCUT2D eigenvalue weighted by molar-refractivity contribution is 0.102. The molecule has 0 fully saturated rings. The number of carbonyl (C=O) groups is 1. The van der Waals surface area contributed by atoms with Crippen LogP contribution in [0, 0.1) is 0 Å². The number of ether oxygens (including phenoxy) is 1. The van der Waals surface area contributed by atoms with E-state index in [1.165, 1.54) is 11.3 Å². The minimum Gasteiger partial charge on any atom is -0.481 e. The average Bonchev–Trinajstić information content (AvgIpc) is 3.22. The lowest BCUT2D eigenvalue weighted by atomic mass is 10.1. The molecule has 0 aliphatic carbocycles. The molecule has 0 aliphatic heterocycles. The summed E-state index contributed by atoms with van der Waals surface area (Å²) in [5, 5.41) is 5.65. The van der Waals surface area contributed by atoms with Gasteiger partial charge in [0, 0.05) is 28.2 Å². The van der Waals surface area contributed by atoms with E-state index < -0.39 is 0 Å². The van der Waals surface area contributed by atoms with Crippen molar-refractivity contribution in [1.82, 2.24) is 15.0 Å². The highest BCUT2D eigenvalue weighted by Crippen LogP contribution is 2.30. The maximum Gasteiger partial charge on any atom is 0.259 e. The van der Waals surface area contributed by atoms with Crippen LogP contribution in [0.25, 0.3) is 22.6 Å². The Morgan fingerprint density at radius 1 is 1.03 bits per heavy atom. The van der Waals surface area contributed by atoms with Crippen LogP contribution in [0.4, 0.5) is 5.13 Å². The van der Waals surface area contributed by atoms with E-state index in [9.17, 15) is 4.79 Å². The van der Waals surface area contributed by atoms with Crippen molar-refractivity contribution in [3.8, 4) is 28.5 Å². The van der Waals surface area contributed by atoms with Crippen LogP contribution in [-0.2, 0) is 0 Å². The SMILES string of the molecule is COc1cccc(-c2csc(NC(=O)c3cccnc3-c3ccccc3Cl)n2)n1. The number of aromatic nitrogens is 3. The molecular formula is C21H15ClN4O2S. The Hall–Kier alpha value is -3.29. The fourth-order valence-electron chi connectivity index (χ4n) is 2.74. The summed E-state index contributed by atoms with van der Waals surface area (Å²) < 4.78 is 5.15. The zero-order valence-corrected chi connectivity index (χ0v) is 16.9. The van der Waals surface area contributed by atoms with Gasteiger partial charge in [-0.05, 0) is 24.3 Å². The quantitative estimate of drug-likeness (QED) is 0.479. The fraction of sp³-hybridized carbons (Fsp3) is 0.0476. The van der Waals surface area contributed by atoms with E-state index in [2.05, 4.69) is 20.3 Å². The molecule has 4 aromatic rings. The molecule has 0 saturated carbocycles. The molecule has 4 rings (SSSR count). The number of hydrogen-bond acceptors (Lipinski definition) is 6. The molecule has 29 heavy (non-hydrogen) atoms. The molecule has 0 atom stereocenters. The van der Waals surface area contributed by atoms with Crippen molar-refractivity contribution >= 4 is 34.0 Å². The van der Waals surface area contributed by atoms with Crippen molar-refractivity contribution in [1.29, 1.82) is 0 Å². The summed E-state index contributed by atoms with van der Waals surface area (Å²) in [4.78, 5) is 26.1. The van der Waals surface area contributed by atoms with E-state index in [0.29, 0.717) is 44.2 Å². The maximum absolute atomic E-state index is 12.9. The van der Waals surface area contributed by atoms with Gasteiger partial charge in [-0.3, -0.25) is 15.1 Å². The number of anilines is 1. The third-order valence-electron chi connectivity index (χ3n) is 4.10. The minimum absolute atomic E-state index is 0.312. The summed E-state index contributed by atoms with van der Waals surface area (Å²) in [5.74, 6) is 0.188. The predicted octanol–water partition coefficient (Wildman–Crippen LogP) is 5.18. The van der Waals surface area contributed by atoms with E-state index in [4.69, 9.17) is 16.3 Å². The number of hydrogen-bond donors (Lipinski definition) is 1. The molecule has 1 N–H and O–H groups in total. The summed E-state index contributed by atoms with van der Waals surface area (Å²) in [6.07, 6.45) is 1.63. The van der Waals surface area contributed by atoms with Gasteiger partial charge >= 0.3 is 0 Å². The largest absolute Gasteiger partial charge is 0.481 e. The van der Waals surface area contributed by atoms with Gasteiger partial charge in [0.25, 0.3) is 5.91 Å². The number of pyridine rings is 2. The first kappa shape index (κ1) is 19.0. The number of nitrogens with zero attached hydrogens (tertiary/aromatic N) is 3. The van der Waals surface area contributed by atoms with Crippen molar-refractivity contribution in [2.75, 3.05) is 12.4 Å². The second-order valence-corrected chi connectivity index (χ2v) is 7.20. The number of benzene rings is 1. The summed E-state index contributed by atoms with van der Waals surface area (Å²) >= 11 is 7.61. The number of rotatable bonds is 5. The van der Waals surface area contributed by atoms with Crippen molar-refractivity contribution in [2.45, 2.75) is 0 Å². The highest BCUT2D eigenvalue weighted by Gasteiger charge is 2.17. The highest BCUT2D eigenvalue weighted by atomic mass is 35.5. The molecule has 1 amide bonds. The first-order valence-electron chi connectivity index (χ1n) is 8.64. The van der Waals surface area contributed by atoms with Crippen LogP contribution >= 0.6 is 22.9 Å². The van der Waals surface area contributed by atoms with Gasteiger partial charge in [-0.2, -0.15) is 0 Å². The van der Waals surface area contributed by atoms with Crippen molar-refractivity contribution in [2.24, 2.45) is 0 Å². The van der Waals surface area contributed by atoms with Gasteiger partial charge in [0.2, 0.25) is 5.88 Å². The standard InChI is InChI=1S/C21H15ClN4O2S/c1-28-18-10-4-9-16(24-18)17-12-29-21(25-17)26-20(27)14-7-5-11-23-19(14)13-6-2-3-8-15(13)22/h2-12H,1H3,(H,25,26,27). The summed E-state index contributed by atoms with van der Waals surface area (Å²) in [6, 6.07) is 16.1. The zero-order chi connectivity index (χ0) is 20.2. The average molecular weight is 423 g/mol. The number of nitrogens with one attached hydrogen (secondary N) is 1. The Labute approximate surface area is 176 Å². The van der Waals surface area contributed by atoms with Gasteiger partial charge in [-0.25, -0.2) is 9.97 Å². The molecule has 6 nitrogen and oxygen atoms in total. The van der Waals surface area contributed by atoms with Crippen LogP contribution in [-0.4, -0.2) is 28.0 Å². The molecular weight excluding hydrogens is 408 g/mol. The third kappa shape index (κ3) is 4.11. The minimum atomic E-state index is -0.312. The lowest BCUT2D eigenvalue weighted by Gasteiger charge is -2.09. The molecule has 3 aromatic heterocycles. The first-order chi connectivity index (χ1) is 14.2. The predicted molar refractivity (Wildman–Crippen MR) is 115 cm³/mol. The van der Waals surface area contributed by atoms with Crippen LogP contribution < -0.4 is 10.1 Å². The summed E-state index contributed by atoms with van der Waals surface area (Å²) in [7, 11) is 1.56.